The lowest BCUT2D eigenvalue weighted by Gasteiger charge is -2.26. The molecule has 5 nitrogen and oxygen atoms in total. The van der Waals surface area contributed by atoms with Gasteiger partial charge in [-0.3, -0.25) is 9.69 Å². The van der Waals surface area contributed by atoms with Gasteiger partial charge in [0.05, 0.1) is 12.6 Å². The minimum atomic E-state index is -0.602. The monoisotopic (exact) mass is 250 g/mol. The second kappa shape index (κ2) is 5.68. The van der Waals surface area contributed by atoms with Gasteiger partial charge in [-0.25, -0.2) is 0 Å². The predicted molar refractivity (Wildman–Crippen MR) is 68.6 cm³/mol. The van der Waals surface area contributed by atoms with Crippen LogP contribution in [0.4, 0.5) is 0 Å². The standard InChI is InChI=1S/C13H22N4O/c14-8-11-4-3-7-17(11)9-12(18)16-13(10-15)5-1-2-6-13/h11H,1-9,14H2,(H,16,18). The molecule has 1 saturated carbocycles. The van der Waals surface area contributed by atoms with Gasteiger partial charge in [-0.15, -0.1) is 0 Å². The number of nitrogens with zero attached hydrogens (tertiary/aromatic N) is 2. The summed E-state index contributed by atoms with van der Waals surface area (Å²) in [4.78, 5) is 14.2. The van der Waals surface area contributed by atoms with Crippen molar-refractivity contribution >= 4 is 5.91 Å². The van der Waals surface area contributed by atoms with Crippen molar-refractivity contribution < 1.29 is 4.79 Å². The molecule has 0 aromatic rings. The minimum Gasteiger partial charge on any atom is -0.337 e. The number of nitriles is 1. The van der Waals surface area contributed by atoms with E-state index in [2.05, 4.69) is 16.3 Å². The number of amides is 1. The Kier molecular flexibility index (Phi) is 4.20. The van der Waals surface area contributed by atoms with Crippen LogP contribution < -0.4 is 11.1 Å². The second-order valence-corrected chi connectivity index (χ2v) is 5.45. The maximum atomic E-state index is 12.0. The first-order valence-electron chi connectivity index (χ1n) is 6.85. The van der Waals surface area contributed by atoms with Gasteiger partial charge in [-0.1, -0.05) is 0 Å². The van der Waals surface area contributed by atoms with Crippen LogP contribution in [0.3, 0.4) is 0 Å². The number of nitrogens with one attached hydrogen (secondary N) is 1. The second-order valence-electron chi connectivity index (χ2n) is 5.45. The van der Waals surface area contributed by atoms with Crippen LogP contribution in [0.15, 0.2) is 0 Å². The molecule has 2 aliphatic rings. The Hall–Kier alpha value is -1.12. The maximum absolute atomic E-state index is 12.0. The molecule has 1 amide bonds. The van der Waals surface area contributed by atoms with E-state index >= 15 is 0 Å². The Bertz CT molecular complexity index is 343. The van der Waals surface area contributed by atoms with Gasteiger partial charge in [0, 0.05) is 12.6 Å². The highest BCUT2D eigenvalue weighted by atomic mass is 16.2. The molecule has 2 fully saturated rings. The van der Waals surface area contributed by atoms with Crippen LogP contribution in [-0.2, 0) is 4.79 Å². The van der Waals surface area contributed by atoms with Crippen LogP contribution >= 0.6 is 0 Å². The Morgan fingerprint density at radius 2 is 2.17 bits per heavy atom. The Balaban J connectivity index is 1.87. The molecule has 2 rings (SSSR count). The van der Waals surface area contributed by atoms with Gasteiger partial charge in [-0.2, -0.15) is 5.26 Å². The quantitative estimate of drug-likeness (QED) is 0.755. The molecule has 3 N–H and O–H groups in total. The summed E-state index contributed by atoms with van der Waals surface area (Å²) in [5, 5.41) is 12.2. The van der Waals surface area contributed by atoms with Gasteiger partial charge in [0.2, 0.25) is 5.91 Å². The van der Waals surface area contributed by atoms with Gasteiger partial charge in [0.25, 0.3) is 0 Å². The van der Waals surface area contributed by atoms with Crippen molar-refractivity contribution in [2.45, 2.75) is 50.1 Å². The minimum absolute atomic E-state index is 0.0289. The Morgan fingerprint density at radius 3 is 2.78 bits per heavy atom. The molecule has 1 aliphatic heterocycles. The lowest BCUT2D eigenvalue weighted by molar-refractivity contribution is -0.123. The van der Waals surface area contributed by atoms with Crippen LogP contribution in [0.5, 0.6) is 0 Å². The Morgan fingerprint density at radius 1 is 1.44 bits per heavy atom. The summed E-state index contributed by atoms with van der Waals surface area (Å²) in [5.74, 6) is -0.0289. The van der Waals surface area contributed by atoms with Crippen molar-refractivity contribution in [1.82, 2.24) is 10.2 Å². The highest BCUT2D eigenvalue weighted by Gasteiger charge is 2.36. The third-order valence-electron chi connectivity index (χ3n) is 4.17. The number of carbonyl (C=O) groups excluding carboxylic acids is 1. The molecule has 0 aromatic carbocycles. The largest absolute Gasteiger partial charge is 0.337 e. The number of nitrogens with two attached hydrogens (primary N) is 1. The SMILES string of the molecule is N#CC1(NC(=O)CN2CCCC2CN)CCCC1. The fourth-order valence-electron chi connectivity index (χ4n) is 3.10. The molecule has 0 radical (unpaired) electrons. The van der Waals surface area contributed by atoms with Gasteiger partial charge in [0.15, 0.2) is 0 Å². The maximum Gasteiger partial charge on any atom is 0.235 e. The summed E-state index contributed by atoms with van der Waals surface area (Å²) < 4.78 is 0. The number of likely N-dealkylation sites (tertiary alicyclic amines) is 1. The van der Waals surface area contributed by atoms with E-state index in [9.17, 15) is 10.1 Å². The molecule has 1 aliphatic carbocycles. The molecule has 1 saturated heterocycles. The fourth-order valence-corrected chi connectivity index (χ4v) is 3.10. The number of hydrogen-bond acceptors (Lipinski definition) is 4. The van der Waals surface area contributed by atoms with Crippen molar-refractivity contribution in [2.24, 2.45) is 5.73 Å². The molecule has 5 heteroatoms. The first kappa shape index (κ1) is 13.3. The zero-order chi connectivity index (χ0) is 13.0. The molecule has 18 heavy (non-hydrogen) atoms. The van der Waals surface area contributed by atoms with E-state index in [0.717, 1.165) is 45.1 Å². The van der Waals surface area contributed by atoms with Crippen LogP contribution in [0.25, 0.3) is 0 Å². The van der Waals surface area contributed by atoms with Crippen molar-refractivity contribution in [3.8, 4) is 6.07 Å². The zero-order valence-corrected chi connectivity index (χ0v) is 10.8. The summed E-state index contributed by atoms with van der Waals surface area (Å²) >= 11 is 0. The van der Waals surface area contributed by atoms with E-state index in [1.165, 1.54) is 0 Å². The average Bonchev–Trinajstić information content (AvgIpc) is 2.98. The molecule has 1 atom stereocenters. The normalized spacial score (nSPS) is 27.0. The first-order valence-corrected chi connectivity index (χ1v) is 6.85. The van der Waals surface area contributed by atoms with E-state index in [1.54, 1.807) is 0 Å². The van der Waals surface area contributed by atoms with Gasteiger partial charge >= 0.3 is 0 Å². The van der Waals surface area contributed by atoms with E-state index in [1.807, 2.05) is 0 Å². The molecule has 1 heterocycles. The summed E-state index contributed by atoms with van der Waals surface area (Å²) in [6, 6.07) is 2.61. The van der Waals surface area contributed by atoms with Crippen molar-refractivity contribution in [3.05, 3.63) is 0 Å². The molecular weight excluding hydrogens is 228 g/mol. The number of rotatable bonds is 4. The molecule has 0 aromatic heterocycles. The van der Waals surface area contributed by atoms with Crippen LogP contribution in [0.2, 0.25) is 0 Å². The third kappa shape index (κ3) is 2.82. The summed E-state index contributed by atoms with van der Waals surface area (Å²) in [6.45, 7) is 1.93. The van der Waals surface area contributed by atoms with Crippen molar-refractivity contribution in [1.29, 1.82) is 5.26 Å². The lowest BCUT2D eigenvalue weighted by Crippen LogP contribution is -2.50. The fraction of sp³-hybridized carbons (Fsp3) is 0.846. The average molecular weight is 250 g/mol. The van der Waals surface area contributed by atoms with Gasteiger partial charge in [-0.05, 0) is 45.1 Å². The topological polar surface area (TPSA) is 82.2 Å². The third-order valence-corrected chi connectivity index (χ3v) is 4.17. The highest BCUT2D eigenvalue weighted by molar-refractivity contribution is 5.79. The predicted octanol–water partition coefficient (Wildman–Crippen LogP) is 0.362. The highest BCUT2D eigenvalue weighted by Crippen LogP contribution is 2.28. The lowest BCUT2D eigenvalue weighted by atomic mass is 10.00. The molecular formula is C13H22N4O. The molecule has 0 bridgehead atoms. The van der Waals surface area contributed by atoms with Gasteiger partial charge < -0.3 is 11.1 Å². The molecule has 0 spiro atoms. The smallest absolute Gasteiger partial charge is 0.235 e. The van der Waals surface area contributed by atoms with E-state index < -0.39 is 5.54 Å². The van der Waals surface area contributed by atoms with E-state index in [0.29, 0.717) is 19.1 Å². The van der Waals surface area contributed by atoms with Crippen LogP contribution in [0, 0.1) is 11.3 Å². The van der Waals surface area contributed by atoms with Crippen LogP contribution in [0.1, 0.15) is 38.5 Å². The Labute approximate surface area is 108 Å². The summed E-state index contributed by atoms with van der Waals surface area (Å²) in [6.07, 6.45) is 5.82. The summed E-state index contributed by atoms with van der Waals surface area (Å²) in [5.41, 5.74) is 5.09. The summed E-state index contributed by atoms with van der Waals surface area (Å²) in [7, 11) is 0. The van der Waals surface area contributed by atoms with E-state index in [4.69, 9.17) is 5.73 Å². The molecule has 1 unspecified atom stereocenters. The van der Waals surface area contributed by atoms with Crippen molar-refractivity contribution in [2.75, 3.05) is 19.6 Å². The van der Waals surface area contributed by atoms with Gasteiger partial charge in [0.1, 0.15) is 5.54 Å². The van der Waals surface area contributed by atoms with Crippen molar-refractivity contribution in [3.63, 3.8) is 0 Å². The zero-order valence-electron chi connectivity index (χ0n) is 10.8. The molecule has 100 valence electrons. The number of hydrogen-bond donors (Lipinski definition) is 2. The first-order chi connectivity index (χ1) is 8.69. The van der Waals surface area contributed by atoms with E-state index in [-0.39, 0.29) is 5.91 Å². The number of carbonyl (C=O) groups is 1. The van der Waals surface area contributed by atoms with Crippen LogP contribution in [-0.4, -0.2) is 42.0 Å².